The molecule has 0 amide bonds. The summed E-state index contributed by atoms with van der Waals surface area (Å²) in [6, 6.07) is 2.18. The normalized spacial score (nSPS) is 12.5. The van der Waals surface area contributed by atoms with Crippen LogP contribution in [0.5, 0.6) is 0 Å². The molecular formula is C10H24O2Si. The molecule has 0 atom stereocenters. The first kappa shape index (κ1) is 13.1. The predicted octanol–water partition coefficient (Wildman–Crippen LogP) is 3.18. The maximum Gasteiger partial charge on any atom is 0.338 e. The molecule has 0 spiro atoms. The van der Waals surface area contributed by atoms with E-state index in [1.807, 2.05) is 0 Å². The van der Waals surface area contributed by atoms with Crippen molar-refractivity contribution in [2.24, 2.45) is 5.92 Å². The Morgan fingerprint density at radius 1 is 1.00 bits per heavy atom. The van der Waals surface area contributed by atoms with Gasteiger partial charge < -0.3 is 8.85 Å². The van der Waals surface area contributed by atoms with Crippen molar-refractivity contribution in [1.29, 1.82) is 0 Å². The second-order valence-corrected chi connectivity index (χ2v) is 7.24. The lowest BCUT2D eigenvalue weighted by molar-refractivity contribution is 0.179. The van der Waals surface area contributed by atoms with E-state index in [0.29, 0.717) is 5.92 Å². The van der Waals surface area contributed by atoms with Crippen molar-refractivity contribution >= 4 is 8.56 Å². The molecule has 0 rings (SSSR count). The summed E-state index contributed by atoms with van der Waals surface area (Å²) < 4.78 is 11.7. The van der Waals surface area contributed by atoms with Gasteiger partial charge in [-0.25, -0.2) is 0 Å². The molecule has 0 aromatic heterocycles. The van der Waals surface area contributed by atoms with Gasteiger partial charge in [-0.1, -0.05) is 20.8 Å². The second kappa shape index (κ2) is 6.57. The van der Waals surface area contributed by atoms with Crippen LogP contribution in [0, 0.1) is 5.92 Å². The molecule has 0 radical (unpaired) electrons. The van der Waals surface area contributed by atoms with Crippen molar-refractivity contribution in [2.75, 3.05) is 13.2 Å². The van der Waals surface area contributed by atoms with Crippen LogP contribution in [0.4, 0.5) is 0 Å². The summed E-state index contributed by atoms with van der Waals surface area (Å²) in [6.07, 6.45) is 0. The van der Waals surface area contributed by atoms with E-state index in [1.54, 1.807) is 0 Å². The van der Waals surface area contributed by atoms with Crippen molar-refractivity contribution < 1.29 is 8.85 Å². The van der Waals surface area contributed by atoms with Crippen LogP contribution >= 0.6 is 0 Å². The van der Waals surface area contributed by atoms with Gasteiger partial charge in [0.25, 0.3) is 0 Å². The summed E-state index contributed by atoms with van der Waals surface area (Å²) in [5, 5.41) is 0. The maximum atomic E-state index is 5.85. The van der Waals surface area contributed by atoms with Gasteiger partial charge in [0.15, 0.2) is 0 Å². The minimum atomic E-state index is -1.83. The Kier molecular flexibility index (Phi) is 6.64. The fourth-order valence-electron chi connectivity index (χ4n) is 1.66. The molecule has 3 heteroatoms. The van der Waals surface area contributed by atoms with Gasteiger partial charge in [0.2, 0.25) is 0 Å². The molecule has 0 aliphatic carbocycles. The first-order valence-corrected chi connectivity index (χ1v) is 7.61. The van der Waals surface area contributed by atoms with Crippen LogP contribution < -0.4 is 0 Å². The van der Waals surface area contributed by atoms with Crippen molar-refractivity contribution in [3.63, 3.8) is 0 Å². The SMILES string of the molecule is CCO[Si](CC)(CC(C)C)OCC. The van der Waals surface area contributed by atoms with Crippen LogP contribution in [-0.4, -0.2) is 21.8 Å². The summed E-state index contributed by atoms with van der Waals surface area (Å²) in [7, 11) is -1.83. The van der Waals surface area contributed by atoms with Crippen molar-refractivity contribution in [1.82, 2.24) is 0 Å². The molecule has 80 valence electrons. The van der Waals surface area contributed by atoms with Crippen molar-refractivity contribution in [3.05, 3.63) is 0 Å². The molecule has 0 aliphatic rings. The van der Waals surface area contributed by atoms with Gasteiger partial charge in [-0.15, -0.1) is 0 Å². The molecular weight excluding hydrogens is 180 g/mol. The Hall–Kier alpha value is 0.137. The van der Waals surface area contributed by atoms with E-state index in [2.05, 4.69) is 34.6 Å². The van der Waals surface area contributed by atoms with Crippen LogP contribution in [0.1, 0.15) is 34.6 Å². The Labute approximate surface area is 83.9 Å². The quantitative estimate of drug-likeness (QED) is 0.593. The van der Waals surface area contributed by atoms with E-state index in [1.165, 1.54) is 0 Å². The lowest BCUT2D eigenvalue weighted by Gasteiger charge is -2.30. The van der Waals surface area contributed by atoms with Crippen LogP contribution in [0.2, 0.25) is 12.1 Å². The molecule has 13 heavy (non-hydrogen) atoms. The second-order valence-electron chi connectivity index (χ2n) is 3.73. The highest BCUT2D eigenvalue weighted by molar-refractivity contribution is 6.67. The van der Waals surface area contributed by atoms with E-state index in [9.17, 15) is 0 Å². The van der Waals surface area contributed by atoms with Crippen LogP contribution in [-0.2, 0) is 8.85 Å². The zero-order valence-corrected chi connectivity index (χ0v) is 10.7. The highest BCUT2D eigenvalue weighted by Gasteiger charge is 2.35. The van der Waals surface area contributed by atoms with Gasteiger partial charge in [-0.3, -0.25) is 0 Å². The average Bonchev–Trinajstić information content (AvgIpc) is 2.04. The Morgan fingerprint density at radius 3 is 1.69 bits per heavy atom. The molecule has 0 saturated heterocycles. The third kappa shape index (κ3) is 4.79. The third-order valence-corrected chi connectivity index (χ3v) is 6.22. The smallest absolute Gasteiger partial charge is 0.338 e. The topological polar surface area (TPSA) is 18.5 Å². The summed E-state index contributed by atoms with van der Waals surface area (Å²) in [6.45, 7) is 12.3. The van der Waals surface area contributed by atoms with Gasteiger partial charge in [-0.05, 0) is 31.9 Å². The first-order valence-electron chi connectivity index (χ1n) is 5.38. The van der Waals surface area contributed by atoms with Gasteiger partial charge >= 0.3 is 8.56 Å². The molecule has 0 N–H and O–H groups in total. The zero-order valence-electron chi connectivity index (χ0n) is 9.72. The molecule has 0 aromatic rings. The monoisotopic (exact) mass is 204 g/mol. The molecule has 2 nitrogen and oxygen atoms in total. The molecule has 0 bridgehead atoms. The number of rotatable bonds is 7. The van der Waals surface area contributed by atoms with E-state index < -0.39 is 8.56 Å². The van der Waals surface area contributed by atoms with Gasteiger partial charge in [-0.2, -0.15) is 0 Å². The van der Waals surface area contributed by atoms with Gasteiger partial charge in [0.1, 0.15) is 0 Å². The molecule has 0 fully saturated rings. The molecule has 0 heterocycles. The number of hydrogen-bond acceptors (Lipinski definition) is 2. The Bertz CT molecular complexity index is 120. The van der Waals surface area contributed by atoms with E-state index >= 15 is 0 Å². The van der Waals surface area contributed by atoms with E-state index in [0.717, 1.165) is 25.3 Å². The summed E-state index contributed by atoms with van der Waals surface area (Å²) in [5.74, 6) is 0.671. The fraction of sp³-hybridized carbons (Fsp3) is 1.00. The highest BCUT2D eigenvalue weighted by atomic mass is 28.4. The lowest BCUT2D eigenvalue weighted by Crippen LogP contribution is -2.42. The average molecular weight is 204 g/mol. The first-order chi connectivity index (χ1) is 6.10. The summed E-state index contributed by atoms with van der Waals surface area (Å²) in [4.78, 5) is 0. The minimum absolute atomic E-state index is 0.671. The van der Waals surface area contributed by atoms with E-state index in [-0.39, 0.29) is 0 Å². The van der Waals surface area contributed by atoms with Crippen molar-refractivity contribution in [2.45, 2.75) is 46.7 Å². The molecule has 0 aliphatic heterocycles. The van der Waals surface area contributed by atoms with E-state index in [4.69, 9.17) is 8.85 Å². The van der Waals surface area contributed by atoms with Crippen LogP contribution in [0.15, 0.2) is 0 Å². The highest BCUT2D eigenvalue weighted by Crippen LogP contribution is 2.23. The molecule has 0 aromatic carbocycles. The summed E-state index contributed by atoms with van der Waals surface area (Å²) in [5.41, 5.74) is 0. The maximum absolute atomic E-state index is 5.85. The van der Waals surface area contributed by atoms with Gasteiger partial charge in [0.05, 0.1) is 0 Å². The zero-order chi connectivity index (χ0) is 10.3. The standard InChI is InChI=1S/C10H24O2Si/c1-6-11-13(8-3,12-7-2)9-10(4)5/h10H,6-9H2,1-5H3. The van der Waals surface area contributed by atoms with Gasteiger partial charge in [0, 0.05) is 13.2 Å². The third-order valence-electron chi connectivity index (χ3n) is 2.07. The Balaban J connectivity index is 4.24. The minimum Gasteiger partial charge on any atom is -0.394 e. The van der Waals surface area contributed by atoms with Crippen molar-refractivity contribution in [3.8, 4) is 0 Å². The van der Waals surface area contributed by atoms with Crippen LogP contribution in [0.3, 0.4) is 0 Å². The lowest BCUT2D eigenvalue weighted by atomic mass is 10.3. The fourth-order valence-corrected chi connectivity index (χ4v) is 4.97. The largest absolute Gasteiger partial charge is 0.394 e. The predicted molar refractivity (Wildman–Crippen MR) is 59.1 cm³/mol. The molecule has 0 saturated carbocycles. The van der Waals surface area contributed by atoms with Crippen LogP contribution in [0.25, 0.3) is 0 Å². The number of hydrogen-bond donors (Lipinski definition) is 0. The summed E-state index contributed by atoms with van der Waals surface area (Å²) >= 11 is 0. The molecule has 0 unspecified atom stereocenters. The Morgan fingerprint density at radius 2 is 1.46 bits per heavy atom.